The average molecular weight is 466 g/mol. The fourth-order valence-corrected chi connectivity index (χ4v) is 4.27. The second-order valence-electron chi connectivity index (χ2n) is 8.51. The van der Waals surface area contributed by atoms with Gasteiger partial charge >= 0.3 is 0 Å². The van der Waals surface area contributed by atoms with Crippen LogP contribution in [0.15, 0.2) is 42.7 Å². The zero-order chi connectivity index (χ0) is 23.9. The van der Waals surface area contributed by atoms with Crippen molar-refractivity contribution in [2.24, 2.45) is 0 Å². The summed E-state index contributed by atoms with van der Waals surface area (Å²) in [6.45, 7) is 5.91. The zero-order valence-corrected chi connectivity index (χ0v) is 19.4. The highest BCUT2D eigenvalue weighted by Crippen LogP contribution is 2.15. The van der Waals surface area contributed by atoms with E-state index in [4.69, 9.17) is 0 Å². The molecule has 1 aromatic carbocycles. The number of piperazine rings is 2. The molecular weight excluding hydrogens is 434 g/mol. The maximum absolute atomic E-state index is 13.1. The van der Waals surface area contributed by atoms with Gasteiger partial charge in [-0.3, -0.25) is 19.3 Å². The highest BCUT2D eigenvalue weighted by Gasteiger charge is 2.35. The van der Waals surface area contributed by atoms with Gasteiger partial charge in [-0.1, -0.05) is 19.1 Å². The van der Waals surface area contributed by atoms with Crippen molar-refractivity contribution in [2.45, 2.75) is 25.8 Å². The minimum Gasteiger partial charge on any atom is -0.353 e. The van der Waals surface area contributed by atoms with Crippen LogP contribution in [0.25, 0.3) is 0 Å². The molecular formula is C24H31N7O3. The lowest BCUT2D eigenvalue weighted by atomic mass is 10.1. The van der Waals surface area contributed by atoms with Gasteiger partial charge in [-0.05, 0) is 30.2 Å². The third-order valence-corrected chi connectivity index (χ3v) is 6.24. The molecule has 2 N–H and O–H groups in total. The Morgan fingerprint density at radius 3 is 2.44 bits per heavy atom. The van der Waals surface area contributed by atoms with Crippen molar-refractivity contribution < 1.29 is 14.4 Å². The Labute approximate surface area is 199 Å². The van der Waals surface area contributed by atoms with Crippen molar-refractivity contribution in [1.82, 2.24) is 25.1 Å². The Balaban J connectivity index is 1.31. The number of carbonyl (C=O) groups excluding carboxylic acids is 3. The molecule has 10 heteroatoms. The molecule has 2 fully saturated rings. The van der Waals surface area contributed by atoms with E-state index in [1.54, 1.807) is 23.4 Å². The predicted octanol–water partition coefficient (Wildman–Crippen LogP) is 0.517. The van der Waals surface area contributed by atoms with E-state index in [9.17, 15) is 14.4 Å². The van der Waals surface area contributed by atoms with Gasteiger partial charge in [0.05, 0.1) is 13.0 Å². The number of nitrogens with zero attached hydrogens (tertiary/aromatic N) is 5. The molecule has 2 aromatic rings. The highest BCUT2D eigenvalue weighted by atomic mass is 16.2. The van der Waals surface area contributed by atoms with Crippen molar-refractivity contribution in [3.8, 4) is 0 Å². The smallest absolute Gasteiger partial charge is 0.243 e. The number of aryl methyl sites for hydroxylation is 1. The van der Waals surface area contributed by atoms with Crippen LogP contribution >= 0.6 is 0 Å². The largest absolute Gasteiger partial charge is 0.353 e. The van der Waals surface area contributed by atoms with E-state index in [2.05, 4.69) is 37.3 Å². The van der Waals surface area contributed by atoms with Gasteiger partial charge in [0.1, 0.15) is 6.04 Å². The molecule has 34 heavy (non-hydrogen) atoms. The van der Waals surface area contributed by atoms with Gasteiger partial charge in [0.2, 0.25) is 23.7 Å². The summed E-state index contributed by atoms with van der Waals surface area (Å²) < 4.78 is 0. The van der Waals surface area contributed by atoms with E-state index < -0.39 is 6.04 Å². The van der Waals surface area contributed by atoms with Crippen molar-refractivity contribution in [3.05, 3.63) is 48.3 Å². The molecule has 4 rings (SSSR count). The van der Waals surface area contributed by atoms with Crippen molar-refractivity contribution in [1.29, 1.82) is 0 Å². The van der Waals surface area contributed by atoms with Crippen molar-refractivity contribution in [3.63, 3.8) is 0 Å². The van der Waals surface area contributed by atoms with Gasteiger partial charge in [-0.15, -0.1) is 0 Å². The number of hydrogen-bond acceptors (Lipinski definition) is 7. The quantitative estimate of drug-likeness (QED) is 0.613. The van der Waals surface area contributed by atoms with E-state index in [-0.39, 0.29) is 30.7 Å². The number of rotatable bonds is 7. The van der Waals surface area contributed by atoms with Crippen LogP contribution in [-0.4, -0.2) is 89.3 Å². The molecule has 0 bridgehead atoms. The molecule has 1 atom stereocenters. The molecule has 2 aliphatic rings. The fourth-order valence-electron chi connectivity index (χ4n) is 4.27. The summed E-state index contributed by atoms with van der Waals surface area (Å²) in [6.07, 6.45) is 4.28. The Kier molecular flexibility index (Phi) is 7.69. The topological polar surface area (TPSA) is 111 Å². The van der Waals surface area contributed by atoms with Crippen LogP contribution in [0, 0.1) is 0 Å². The standard InChI is InChI=1S/C24H31N7O3/c1-2-18-4-6-19(7-5-18)28-21(32)16-20-23(34)25-10-11-31(20)22(33)17-29-12-14-30(15-13-29)24-26-8-3-9-27-24/h3-9,20H,2,10-17H2,1H3,(H,25,34)(H,28,32)/t20-/m1/s1. The first-order valence-electron chi connectivity index (χ1n) is 11.7. The number of aromatic nitrogens is 2. The number of nitrogens with one attached hydrogen (secondary N) is 2. The molecule has 0 radical (unpaired) electrons. The van der Waals surface area contributed by atoms with Crippen LogP contribution in [-0.2, 0) is 20.8 Å². The molecule has 1 aromatic heterocycles. The molecule has 2 saturated heterocycles. The molecule has 3 heterocycles. The number of amides is 3. The van der Waals surface area contributed by atoms with Gasteiger partial charge in [-0.25, -0.2) is 9.97 Å². The lowest BCUT2D eigenvalue weighted by molar-refractivity contribution is -0.145. The third kappa shape index (κ3) is 5.88. The van der Waals surface area contributed by atoms with Crippen molar-refractivity contribution in [2.75, 3.05) is 56.0 Å². The highest BCUT2D eigenvalue weighted by molar-refractivity contribution is 5.97. The van der Waals surface area contributed by atoms with Gasteiger partial charge in [0.25, 0.3) is 0 Å². The molecule has 0 saturated carbocycles. The first kappa shape index (κ1) is 23.6. The molecule has 0 unspecified atom stereocenters. The molecule has 0 aliphatic carbocycles. The second kappa shape index (κ2) is 11.1. The lowest BCUT2D eigenvalue weighted by Crippen LogP contribution is -2.60. The first-order valence-corrected chi connectivity index (χ1v) is 11.7. The lowest BCUT2D eigenvalue weighted by Gasteiger charge is -2.38. The number of anilines is 2. The molecule has 180 valence electrons. The summed E-state index contributed by atoms with van der Waals surface area (Å²) in [7, 11) is 0. The van der Waals surface area contributed by atoms with Crippen LogP contribution < -0.4 is 15.5 Å². The van der Waals surface area contributed by atoms with Crippen molar-refractivity contribution >= 4 is 29.4 Å². The molecule has 10 nitrogen and oxygen atoms in total. The van der Waals surface area contributed by atoms with Crippen LogP contribution in [0.5, 0.6) is 0 Å². The fraction of sp³-hybridized carbons (Fsp3) is 0.458. The summed E-state index contributed by atoms with van der Waals surface area (Å²) in [5.74, 6) is -0.0244. The van der Waals surface area contributed by atoms with Crippen LogP contribution in [0.1, 0.15) is 18.9 Å². The van der Waals surface area contributed by atoms with Gasteiger partial charge in [-0.2, -0.15) is 0 Å². The Hall–Kier alpha value is -3.53. The minimum absolute atomic E-state index is 0.0772. The normalized spacial score (nSPS) is 19.0. The average Bonchev–Trinajstić information content (AvgIpc) is 2.86. The number of hydrogen-bond donors (Lipinski definition) is 2. The van der Waals surface area contributed by atoms with Crippen LogP contribution in [0.2, 0.25) is 0 Å². The molecule has 2 aliphatic heterocycles. The van der Waals surface area contributed by atoms with E-state index in [0.717, 1.165) is 19.5 Å². The van der Waals surface area contributed by atoms with Gasteiger partial charge in [0, 0.05) is 57.3 Å². The SMILES string of the molecule is CCc1ccc(NC(=O)C[C@@H]2C(=O)NCCN2C(=O)CN2CCN(c3ncccn3)CC2)cc1. The van der Waals surface area contributed by atoms with Gasteiger partial charge in [0.15, 0.2) is 0 Å². The minimum atomic E-state index is -0.810. The van der Waals surface area contributed by atoms with E-state index in [1.165, 1.54) is 5.56 Å². The Morgan fingerprint density at radius 1 is 1.06 bits per heavy atom. The zero-order valence-electron chi connectivity index (χ0n) is 19.4. The molecule has 0 spiro atoms. The summed E-state index contributed by atoms with van der Waals surface area (Å²) in [5, 5.41) is 5.62. The van der Waals surface area contributed by atoms with E-state index in [0.29, 0.717) is 37.8 Å². The molecule has 3 amide bonds. The third-order valence-electron chi connectivity index (χ3n) is 6.24. The van der Waals surface area contributed by atoms with E-state index in [1.807, 2.05) is 24.3 Å². The number of carbonyl (C=O) groups is 3. The second-order valence-corrected chi connectivity index (χ2v) is 8.51. The summed E-state index contributed by atoms with van der Waals surface area (Å²) in [6, 6.07) is 8.59. The maximum Gasteiger partial charge on any atom is 0.243 e. The number of benzene rings is 1. The summed E-state index contributed by atoms with van der Waals surface area (Å²) >= 11 is 0. The monoisotopic (exact) mass is 465 g/mol. The summed E-state index contributed by atoms with van der Waals surface area (Å²) in [4.78, 5) is 52.6. The van der Waals surface area contributed by atoms with Gasteiger partial charge < -0.3 is 20.4 Å². The van der Waals surface area contributed by atoms with Crippen LogP contribution in [0.4, 0.5) is 11.6 Å². The van der Waals surface area contributed by atoms with E-state index >= 15 is 0 Å². The Morgan fingerprint density at radius 2 is 1.76 bits per heavy atom. The Bertz CT molecular complexity index is 991. The predicted molar refractivity (Wildman–Crippen MR) is 128 cm³/mol. The maximum atomic E-state index is 13.1. The first-order chi connectivity index (χ1) is 16.5. The van der Waals surface area contributed by atoms with Crippen LogP contribution in [0.3, 0.4) is 0 Å². The summed E-state index contributed by atoms with van der Waals surface area (Å²) in [5.41, 5.74) is 1.86.